The number of alkyl halides is 3. The van der Waals surface area contributed by atoms with E-state index in [0.717, 1.165) is 30.9 Å². The number of morpholine rings is 1. The Hall–Kier alpha value is -2.68. The van der Waals surface area contributed by atoms with Crippen molar-refractivity contribution in [1.82, 2.24) is 9.55 Å². The van der Waals surface area contributed by atoms with Crippen LogP contribution in [0.25, 0.3) is 22.3 Å². The molecule has 3 aliphatic heterocycles. The van der Waals surface area contributed by atoms with E-state index in [4.69, 9.17) is 23.7 Å². The highest BCUT2D eigenvalue weighted by Crippen LogP contribution is 2.40. The van der Waals surface area contributed by atoms with E-state index in [-0.39, 0.29) is 31.2 Å². The number of nitrogens with zero attached hydrogens (tertiary/aromatic N) is 3. The van der Waals surface area contributed by atoms with Crippen LogP contribution >= 0.6 is 0 Å². The fourth-order valence-corrected chi connectivity index (χ4v) is 6.46. The second-order valence-electron chi connectivity index (χ2n) is 12.5. The van der Waals surface area contributed by atoms with Crippen LogP contribution in [0.3, 0.4) is 0 Å². The second kappa shape index (κ2) is 12.0. The van der Waals surface area contributed by atoms with E-state index in [0.29, 0.717) is 36.8 Å². The number of halogens is 3. The zero-order valence-corrected chi connectivity index (χ0v) is 25.6. The summed E-state index contributed by atoms with van der Waals surface area (Å²) >= 11 is 0. The predicted octanol–water partition coefficient (Wildman–Crippen LogP) is 4.78. The Labute approximate surface area is 249 Å². The van der Waals surface area contributed by atoms with Gasteiger partial charge in [-0.1, -0.05) is 31.8 Å². The molecule has 3 aliphatic rings. The lowest BCUT2D eigenvalue weighted by atomic mass is 10.0. The minimum atomic E-state index is -4.64. The summed E-state index contributed by atoms with van der Waals surface area (Å²) in [7, 11) is -1.38. The van der Waals surface area contributed by atoms with Gasteiger partial charge in [-0.15, -0.1) is 0 Å². The molecule has 3 saturated heterocycles. The van der Waals surface area contributed by atoms with Gasteiger partial charge in [0.05, 0.1) is 48.7 Å². The highest BCUT2D eigenvalue weighted by molar-refractivity contribution is 6.76. The van der Waals surface area contributed by atoms with E-state index < -0.39 is 44.2 Å². The van der Waals surface area contributed by atoms with Gasteiger partial charge in [-0.25, -0.2) is 4.98 Å². The molecule has 0 spiro atoms. The van der Waals surface area contributed by atoms with E-state index in [1.54, 1.807) is 22.8 Å². The molecule has 0 unspecified atom stereocenters. The summed E-state index contributed by atoms with van der Waals surface area (Å²) in [5, 5.41) is 10.1. The molecular weight excluding hydrogens is 583 g/mol. The summed E-state index contributed by atoms with van der Waals surface area (Å²) in [6.45, 7) is 10.2. The van der Waals surface area contributed by atoms with E-state index in [1.165, 1.54) is 0 Å². The molecule has 0 bridgehead atoms. The van der Waals surface area contributed by atoms with Gasteiger partial charge in [0, 0.05) is 45.1 Å². The van der Waals surface area contributed by atoms with Gasteiger partial charge >= 0.3 is 6.18 Å². The van der Waals surface area contributed by atoms with Gasteiger partial charge in [0.2, 0.25) is 0 Å². The lowest BCUT2D eigenvalue weighted by Crippen LogP contribution is -2.36. The molecule has 4 atom stereocenters. The number of benzene rings is 1. The fraction of sp³-hybridized carbons (Fsp3) is 0.567. The molecule has 43 heavy (non-hydrogen) atoms. The summed E-state index contributed by atoms with van der Waals surface area (Å²) < 4.78 is 74.3. The number of hydrogen-bond acceptors (Lipinski definition) is 8. The standard InChI is InChI=1S/C30H38F3N3O6Si/c1-43(2,3)13-12-39-18-36-23-14-21(30(31,32)33)27(19-4-6-20(7-5-19)35-8-10-38-11-9-35)34-22(23)15-26(36)42-25-17-41-28-24(37)16-40-29(25)28/h4-7,14-15,24-25,28-29,37H,8-13,16-18H2,1-3H3/t24-,25-,28-,29-/m1/s1. The van der Waals surface area contributed by atoms with Crippen LogP contribution in [-0.2, 0) is 31.9 Å². The van der Waals surface area contributed by atoms with Crippen molar-refractivity contribution < 1.29 is 42.0 Å². The topological polar surface area (TPSA) is 87.4 Å². The molecular formula is C30H38F3N3O6Si. The lowest BCUT2D eigenvalue weighted by molar-refractivity contribution is -0.137. The minimum absolute atomic E-state index is 0.00103. The third-order valence-electron chi connectivity index (χ3n) is 8.14. The van der Waals surface area contributed by atoms with Crippen LogP contribution in [0.5, 0.6) is 5.88 Å². The molecule has 234 valence electrons. The van der Waals surface area contributed by atoms with E-state index in [9.17, 15) is 18.3 Å². The van der Waals surface area contributed by atoms with Crippen LogP contribution < -0.4 is 9.64 Å². The molecule has 0 amide bonds. The highest BCUT2D eigenvalue weighted by Gasteiger charge is 2.48. The Balaban J connectivity index is 1.36. The largest absolute Gasteiger partial charge is 0.470 e. The van der Waals surface area contributed by atoms with Crippen LogP contribution in [0.4, 0.5) is 18.9 Å². The number of ether oxygens (including phenoxy) is 5. The van der Waals surface area contributed by atoms with Crippen molar-refractivity contribution in [3.05, 3.63) is 42.0 Å². The molecule has 13 heteroatoms. The van der Waals surface area contributed by atoms with Crippen LogP contribution in [0.1, 0.15) is 5.56 Å². The average Bonchev–Trinajstić information content (AvgIpc) is 3.65. The quantitative estimate of drug-likeness (QED) is 0.270. The van der Waals surface area contributed by atoms with Crippen molar-refractivity contribution >= 4 is 24.8 Å². The number of aliphatic hydroxyl groups excluding tert-OH is 1. The molecule has 0 aliphatic carbocycles. The number of rotatable bonds is 9. The maximum atomic E-state index is 14.5. The maximum Gasteiger partial charge on any atom is 0.418 e. The zero-order valence-electron chi connectivity index (χ0n) is 24.6. The molecule has 1 N–H and O–H groups in total. The monoisotopic (exact) mass is 621 g/mol. The fourth-order valence-electron chi connectivity index (χ4n) is 5.71. The van der Waals surface area contributed by atoms with Gasteiger partial charge in [0.25, 0.3) is 0 Å². The summed E-state index contributed by atoms with van der Waals surface area (Å²) in [5.74, 6) is 0.308. The molecule has 2 aromatic heterocycles. The van der Waals surface area contributed by atoms with Crippen LogP contribution in [0.2, 0.25) is 25.7 Å². The smallest absolute Gasteiger partial charge is 0.418 e. The summed E-state index contributed by atoms with van der Waals surface area (Å²) in [4.78, 5) is 6.69. The van der Waals surface area contributed by atoms with Gasteiger partial charge < -0.3 is 33.7 Å². The number of aromatic nitrogens is 2. The number of anilines is 1. The third-order valence-corrected chi connectivity index (χ3v) is 9.85. The van der Waals surface area contributed by atoms with Gasteiger partial charge in [-0.05, 0) is 24.2 Å². The first-order chi connectivity index (χ1) is 20.5. The summed E-state index contributed by atoms with van der Waals surface area (Å²) in [5.41, 5.74) is 0.921. The molecule has 0 radical (unpaired) electrons. The van der Waals surface area contributed by atoms with E-state index in [2.05, 4.69) is 29.5 Å². The first-order valence-electron chi connectivity index (χ1n) is 14.7. The number of hydrogen-bond donors (Lipinski definition) is 1. The zero-order chi connectivity index (χ0) is 30.4. The van der Waals surface area contributed by atoms with Crippen molar-refractivity contribution in [2.24, 2.45) is 0 Å². The van der Waals surface area contributed by atoms with E-state index >= 15 is 0 Å². The maximum absolute atomic E-state index is 14.5. The summed E-state index contributed by atoms with van der Waals surface area (Å²) in [6.07, 6.45) is -6.91. The van der Waals surface area contributed by atoms with Crippen LogP contribution in [0, 0.1) is 0 Å². The minimum Gasteiger partial charge on any atom is -0.470 e. The van der Waals surface area contributed by atoms with Crippen molar-refractivity contribution in [3.8, 4) is 17.1 Å². The molecule has 9 nitrogen and oxygen atoms in total. The molecule has 5 heterocycles. The van der Waals surface area contributed by atoms with Crippen molar-refractivity contribution in [2.45, 2.75) is 63.0 Å². The van der Waals surface area contributed by atoms with Gasteiger partial charge in [0.1, 0.15) is 25.0 Å². The van der Waals surface area contributed by atoms with Gasteiger partial charge in [-0.3, -0.25) is 4.57 Å². The Morgan fingerprint density at radius 2 is 1.74 bits per heavy atom. The highest BCUT2D eigenvalue weighted by atomic mass is 28.3. The van der Waals surface area contributed by atoms with Crippen molar-refractivity contribution in [1.29, 1.82) is 0 Å². The van der Waals surface area contributed by atoms with Gasteiger partial charge in [0.15, 0.2) is 12.0 Å². The Morgan fingerprint density at radius 3 is 2.44 bits per heavy atom. The van der Waals surface area contributed by atoms with Gasteiger partial charge in [-0.2, -0.15) is 13.2 Å². The first kappa shape index (κ1) is 30.3. The molecule has 1 aromatic carbocycles. The first-order valence-corrected chi connectivity index (χ1v) is 18.4. The lowest BCUT2D eigenvalue weighted by Gasteiger charge is -2.29. The van der Waals surface area contributed by atoms with Crippen molar-refractivity contribution in [3.63, 3.8) is 0 Å². The summed E-state index contributed by atoms with van der Waals surface area (Å²) in [6, 6.07) is 10.7. The second-order valence-corrected chi connectivity index (χ2v) is 18.1. The number of aliphatic hydroxyl groups is 1. The average molecular weight is 622 g/mol. The van der Waals surface area contributed by atoms with Crippen LogP contribution in [0.15, 0.2) is 36.4 Å². The SMILES string of the molecule is C[Si](C)(C)CCOCn1c(O[C@@H]2CO[C@H]3[C@@H]2OC[C@H]3O)cc2nc(-c3ccc(N4CCOCC4)cc3)c(C(F)(F)F)cc21. The molecule has 0 saturated carbocycles. The predicted molar refractivity (Wildman–Crippen MR) is 157 cm³/mol. The Bertz CT molecular complexity index is 1420. The Morgan fingerprint density at radius 1 is 1.02 bits per heavy atom. The van der Waals surface area contributed by atoms with Crippen LogP contribution in [-0.4, -0.2) is 93.3 Å². The third kappa shape index (κ3) is 6.57. The number of fused-ring (bicyclic) bond motifs is 2. The van der Waals surface area contributed by atoms with E-state index in [1.807, 2.05) is 12.1 Å². The molecule has 6 rings (SSSR count). The Kier molecular flexibility index (Phi) is 8.48. The molecule has 3 fully saturated rings. The normalized spacial score (nSPS) is 24.6. The van der Waals surface area contributed by atoms with Crippen molar-refractivity contribution in [2.75, 3.05) is 51.0 Å². The molecule has 3 aromatic rings. The number of pyridine rings is 1.